The van der Waals surface area contributed by atoms with Crippen LogP contribution >= 0.6 is 11.3 Å². The average molecular weight is 366 g/mol. The summed E-state index contributed by atoms with van der Waals surface area (Å²) in [7, 11) is -4.06. The van der Waals surface area contributed by atoms with E-state index in [0.29, 0.717) is 10.2 Å². The highest BCUT2D eigenvalue weighted by molar-refractivity contribution is 7.86. The largest absolute Gasteiger partial charge is 0.299 e. The predicted octanol–water partition coefficient (Wildman–Crippen LogP) is 3.28. The molecule has 5 nitrogen and oxygen atoms in total. The Hall–Kier alpha value is -1.87. The van der Waals surface area contributed by atoms with E-state index >= 15 is 0 Å². The Morgan fingerprint density at radius 1 is 1.21 bits per heavy atom. The van der Waals surface area contributed by atoms with Crippen LogP contribution < -0.4 is 5.73 Å². The molecule has 1 heterocycles. The van der Waals surface area contributed by atoms with Crippen LogP contribution in [0.3, 0.4) is 0 Å². The molecule has 0 aliphatic carbocycles. The molecule has 1 atom stereocenters. The van der Waals surface area contributed by atoms with E-state index in [0.717, 1.165) is 16.9 Å². The van der Waals surface area contributed by atoms with Gasteiger partial charge in [-0.15, -0.1) is 11.3 Å². The number of halogens is 1. The van der Waals surface area contributed by atoms with Crippen molar-refractivity contribution in [1.82, 2.24) is 4.98 Å². The number of rotatable bonds is 4. The number of thiazole rings is 1. The van der Waals surface area contributed by atoms with Crippen LogP contribution in [-0.4, -0.2) is 13.4 Å². The topological polar surface area (TPSA) is 82.3 Å². The molecule has 1 aromatic heterocycles. The third-order valence-corrected chi connectivity index (χ3v) is 6.02. The Bertz CT molecular complexity index is 996. The number of nitrogens with two attached hydrogens (primary N) is 1. The van der Waals surface area contributed by atoms with E-state index in [4.69, 9.17) is 9.92 Å². The molecule has 0 saturated carbocycles. The minimum atomic E-state index is -4.06. The molecule has 2 N–H and O–H groups in total. The van der Waals surface area contributed by atoms with Crippen molar-refractivity contribution in [3.8, 4) is 0 Å². The second kappa shape index (κ2) is 5.89. The second-order valence-corrected chi connectivity index (χ2v) is 8.17. The maximum atomic E-state index is 13.3. The molecule has 0 amide bonds. The third kappa shape index (κ3) is 3.32. The predicted molar refractivity (Wildman–Crippen MR) is 90.6 cm³/mol. The molecule has 8 heteroatoms. The Balaban J connectivity index is 1.95. The van der Waals surface area contributed by atoms with E-state index in [1.165, 1.54) is 37.3 Å². The van der Waals surface area contributed by atoms with E-state index in [1.807, 2.05) is 6.92 Å². The van der Waals surface area contributed by atoms with Crippen molar-refractivity contribution in [2.45, 2.75) is 24.5 Å². The highest BCUT2D eigenvalue weighted by atomic mass is 32.2. The molecular weight excluding hydrogens is 351 g/mol. The van der Waals surface area contributed by atoms with Crippen molar-refractivity contribution >= 4 is 31.7 Å². The molecule has 0 radical (unpaired) electrons. The van der Waals surface area contributed by atoms with Crippen LogP contribution in [0, 0.1) is 12.7 Å². The van der Waals surface area contributed by atoms with Crippen LogP contribution in [0.15, 0.2) is 47.4 Å². The van der Waals surface area contributed by atoms with E-state index in [1.54, 1.807) is 12.1 Å². The molecule has 0 unspecified atom stereocenters. The molecule has 0 aliphatic heterocycles. The average Bonchev–Trinajstić information content (AvgIpc) is 2.90. The zero-order chi connectivity index (χ0) is 17.5. The van der Waals surface area contributed by atoms with Gasteiger partial charge in [-0.3, -0.25) is 5.73 Å². The lowest BCUT2D eigenvalue weighted by atomic mass is 10.2. The maximum Gasteiger partial charge on any atom is 0.299 e. The summed E-state index contributed by atoms with van der Waals surface area (Å²) in [6, 6.07) is 10.4. The fourth-order valence-corrected chi connectivity index (χ4v) is 4.27. The van der Waals surface area contributed by atoms with E-state index < -0.39 is 21.7 Å². The highest BCUT2D eigenvalue weighted by Gasteiger charge is 2.33. The van der Waals surface area contributed by atoms with Crippen LogP contribution in [0.25, 0.3) is 10.2 Å². The first-order chi connectivity index (χ1) is 11.2. The summed E-state index contributed by atoms with van der Waals surface area (Å²) in [6.07, 6.45) is 0. The summed E-state index contributed by atoms with van der Waals surface area (Å²) < 4.78 is 43.9. The van der Waals surface area contributed by atoms with Crippen LogP contribution in [0.2, 0.25) is 0 Å². The standard InChI is InChI=1S/C16H15FN2O3S2/c1-10-3-6-12(7-4-10)24(20,21)22-16(2,18)15-19-13-8-5-11(17)9-14(13)23-15/h3-9H,18H2,1-2H3/t16-/m1/s1. The molecule has 0 aliphatic rings. The second-order valence-electron chi connectivity index (χ2n) is 5.59. The van der Waals surface area contributed by atoms with Gasteiger partial charge in [-0.2, -0.15) is 8.42 Å². The van der Waals surface area contributed by atoms with Gasteiger partial charge in [-0.05, 0) is 44.2 Å². The number of nitrogens with zero attached hydrogens (tertiary/aromatic N) is 1. The van der Waals surface area contributed by atoms with E-state index in [-0.39, 0.29) is 9.90 Å². The van der Waals surface area contributed by atoms with Crippen molar-refractivity contribution < 1.29 is 17.0 Å². The molecule has 0 bridgehead atoms. The Morgan fingerprint density at radius 3 is 2.54 bits per heavy atom. The van der Waals surface area contributed by atoms with Gasteiger partial charge < -0.3 is 0 Å². The zero-order valence-electron chi connectivity index (χ0n) is 13.0. The number of benzene rings is 2. The summed E-state index contributed by atoms with van der Waals surface area (Å²) >= 11 is 1.09. The molecule has 126 valence electrons. The van der Waals surface area contributed by atoms with Crippen molar-refractivity contribution in [3.63, 3.8) is 0 Å². The van der Waals surface area contributed by atoms with Gasteiger partial charge in [-0.1, -0.05) is 17.7 Å². The number of hydrogen-bond acceptors (Lipinski definition) is 6. The van der Waals surface area contributed by atoms with Gasteiger partial charge in [0.2, 0.25) is 0 Å². The molecule has 0 fully saturated rings. The first-order valence-corrected chi connectivity index (χ1v) is 9.28. The minimum absolute atomic E-state index is 0.0110. The van der Waals surface area contributed by atoms with Gasteiger partial charge in [0, 0.05) is 0 Å². The molecule has 3 aromatic rings. The summed E-state index contributed by atoms with van der Waals surface area (Å²) in [5, 5.41) is 0.249. The van der Waals surface area contributed by atoms with E-state index in [2.05, 4.69) is 4.98 Å². The third-order valence-electron chi connectivity index (χ3n) is 3.37. The monoisotopic (exact) mass is 366 g/mol. The van der Waals surface area contributed by atoms with Crippen molar-refractivity contribution in [2.75, 3.05) is 0 Å². The van der Waals surface area contributed by atoms with Crippen molar-refractivity contribution in [2.24, 2.45) is 5.73 Å². The first kappa shape index (κ1) is 17.0. The van der Waals surface area contributed by atoms with Gasteiger partial charge >= 0.3 is 0 Å². The number of aromatic nitrogens is 1. The molecular formula is C16H15FN2O3S2. The summed E-state index contributed by atoms with van der Waals surface area (Å²) in [4.78, 5) is 4.27. The SMILES string of the molecule is Cc1ccc(S(=O)(=O)O[C@@](C)(N)c2nc3ccc(F)cc3s2)cc1. The van der Waals surface area contributed by atoms with Gasteiger partial charge in [0.1, 0.15) is 10.8 Å². The number of fused-ring (bicyclic) bond motifs is 1. The summed E-state index contributed by atoms with van der Waals surface area (Å²) in [5.74, 6) is -0.399. The minimum Gasteiger partial charge on any atom is -0.297 e. The zero-order valence-corrected chi connectivity index (χ0v) is 14.6. The van der Waals surface area contributed by atoms with Crippen LogP contribution in [-0.2, 0) is 20.0 Å². The molecule has 2 aromatic carbocycles. The summed E-state index contributed by atoms with van der Waals surface area (Å²) in [6.45, 7) is 3.26. The van der Waals surface area contributed by atoms with Crippen molar-refractivity contribution in [3.05, 3.63) is 58.9 Å². The van der Waals surface area contributed by atoms with Crippen LogP contribution in [0.5, 0.6) is 0 Å². The smallest absolute Gasteiger partial charge is 0.297 e. The summed E-state index contributed by atoms with van der Waals surface area (Å²) in [5.41, 5.74) is 5.84. The molecule has 24 heavy (non-hydrogen) atoms. The Morgan fingerprint density at radius 2 is 1.88 bits per heavy atom. The fourth-order valence-electron chi connectivity index (χ4n) is 2.13. The van der Waals surface area contributed by atoms with Gasteiger partial charge in [0.15, 0.2) is 5.72 Å². The maximum absolute atomic E-state index is 13.3. The quantitative estimate of drug-likeness (QED) is 0.566. The lowest BCUT2D eigenvalue weighted by Gasteiger charge is -2.21. The molecule has 0 saturated heterocycles. The van der Waals surface area contributed by atoms with Crippen LogP contribution in [0.1, 0.15) is 17.5 Å². The van der Waals surface area contributed by atoms with Gasteiger partial charge in [0.05, 0.1) is 15.1 Å². The Labute approximate surface area is 143 Å². The molecule has 0 spiro atoms. The van der Waals surface area contributed by atoms with Crippen molar-refractivity contribution in [1.29, 1.82) is 0 Å². The lowest BCUT2D eigenvalue weighted by molar-refractivity contribution is 0.103. The fraction of sp³-hybridized carbons (Fsp3) is 0.188. The van der Waals surface area contributed by atoms with Gasteiger partial charge in [-0.25, -0.2) is 13.6 Å². The first-order valence-electron chi connectivity index (χ1n) is 7.05. The normalized spacial score (nSPS) is 14.7. The van der Waals surface area contributed by atoms with Gasteiger partial charge in [0.25, 0.3) is 10.1 Å². The number of aryl methyl sites for hydroxylation is 1. The Kier molecular flexibility index (Phi) is 4.16. The van der Waals surface area contributed by atoms with E-state index in [9.17, 15) is 12.8 Å². The molecule has 3 rings (SSSR count). The lowest BCUT2D eigenvalue weighted by Crippen LogP contribution is -2.38. The van der Waals surface area contributed by atoms with Crippen LogP contribution in [0.4, 0.5) is 4.39 Å². The highest BCUT2D eigenvalue weighted by Crippen LogP contribution is 2.32. The number of hydrogen-bond donors (Lipinski definition) is 1.